The third-order valence-corrected chi connectivity index (χ3v) is 3.67. The zero-order valence-electron chi connectivity index (χ0n) is 13.4. The number of phenols is 1. The highest BCUT2D eigenvalue weighted by Gasteiger charge is 2.10. The van der Waals surface area contributed by atoms with Crippen molar-refractivity contribution in [3.63, 3.8) is 0 Å². The Bertz CT molecular complexity index is 705. The number of benzene rings is 2. The number of aryl methyl sites for hydroxylation is 1. The molecule has 0 spiro atoms. The van der Waals surface area contributed by atoms with Gasteiger partial charge >= 0.3 is 0 Å². The highest BCUT2D eigenvalue weighted by molar-refractivity contribution is 6.05. The van der Waals surface area contributed by atoms with Gasteiger partial charge in [0, 0.05) is 11.3 Å². The van der Waals surface area contributed by atoms with E-state index in [1.807, 2.05) is 12.1 Å². The van der Waals surface area contributed by atoms with Crippen molar-refractivity contribution in [1.29, 1.82) is 0 Å². The number of unbranched alkanes of at least 4 members (excludes halogenated alkanes) is 1. The first-order chi connectivity index (χ1) is 11.0. The number of carbonyl (C=O) groups is 2. The van der Waals surface area contributed by atoms with E-state index >= 15 is 0 Å². The van der Waals surface area contributed by atoms with Crippen molar-refractivity contribution in [2.75, 3.05) is 5.32 Å². The molecule has 0 aromatic heterocycles. The maximum atomic E-state index is 12.2. The van der Waals surface area contributed by atoms with Gasteiger partial charge in [-0.25, -0.2) is 0 Å². The minimum atomic E-state index is -0.251. The van der Waals surface area contributed by atoms with Crippen LogP contribution < -0.4 is 5.32 Å². The van der Waals surface area contributed by atoms with Gasteiger partial charge < -0.3 is 10.4 Å². The van der Waals surface area contributed by atoms with Crippen molar-refractivity contribution in [3.05, 3.63) is 59.2 Å². The minimum Gasteiger partial charge on any atom is -0.507 e. The van der Waals surface area contributed by atoms with Crippen molar-refractivity contribution in [2.45, 2.75) is 33.1 Å². The Balaban J connectivity index is 2.09. The Morgan fingerprint density at radius 2 is 1.78 bits per heavy atom. The fraction of sp³-hybridized carbons (Fsp3) is 0.263. The Kier molecular flexibility index (Phi) is 5.52. The molecular weight excluding hydrogens is 290 g/mol. The molecule has 0 heterocycles. The second kappa shape index (κ2) is 7.58. The van der Waals surface area contributed by atoms with Gasteiger partial charge in [-0.15, -0.1) is 0 Å². The average molecular weight is 311 g/mol. The number of carbonyl (C=O) groups excluding carboxylic acids is 2. The zero-order chi connectivity index (χ0) is 16.8. The third kappa shape index (κ3) is 4.42. The SMILES string of the molecule is CCCCc1ccc(C(=O)Nc2ccc(O)c(C(C)=O)c2)cc1. The van der Waals surface area contributed by atoms with Gasteiger partial charge in [0.25, 0.3) is 5.91 Å². The van der Waals surface area contributed by atoms with E-state index in [9.17, 15) is 14.7 Å². The summed E-state index contributed by atoms with van der Waals surface area (Å²) < 4.78 is 0. The van der Waals surface area contributed by atoms with E-state index in [2.05, 4.69) is 12.2 Å². The van der Waals surface area contributed by atoms with Crippen LogP contribution in [0.3, 0.4) is 0 Å². The van der Waals surface area contributed by atoms with Gasteiger partial charge in [0.15, 0.2) is 5.78 Å². The quantitative estimate of drug-likeness (QED) is 0.621. The number of hydrogen-bond donors (Lipinski definition) is 2. The normalized spacial score (nSPS) is 10.3. The topological polar surface area (TPSA) is 66.4 Å². The lowest BCUT2D eigenvalue weighted by molar-refractivity contribution is 0.100. The van der Waals surface area contributed by atoms with Crippen molar-refractivity contribution in [3.8, 4) is 5.75 Å². The lowest BCUT2D eigenvalue weighted by Gasteiger charge is -2.08. The van der Waals surface area contributed by atoms with Crippen LogP contribution in [0.25, 0.3) is 0 Å². The van der Waals surface area contributed by atoms with Gasteiger partial charge in [-0.2, -0.15) is 0 Å². The van der Waals surface area contributed by atoms with E-state index in [1.165, 1.54) is 24.6 Å². The van der Waals surface area contributed by atoms with E-state index in [0.29, 0.717) is 11.3 Å². The summed E-state index contributed by atoms with van der Waals surface area (Å²) in [6, 6.07) is 12.0. The highest BCUT2D eigenvalue weighted by Crippen LogP contribution is 2.22. The first-order valence-electron chi connectivity index (χ1n) is 7.75. The molecule has 2 N–H and O–H groups in total. The number of aromatic hydroxyl groups is 1. The van der Waals surface area contributed by atoms with Gasteiger partial charge in [0.05, 0.1) is 5.56 Å². The summed E-state index contributed by atoms with van der Waals surface area (Å²) in [4.78, 5) is 23.7. The molecule has 2 aromatic rings. The summed E-state index contributed by atoms with van der Waals surface area (Å²) in [6.07, 6.45) is 3.28. The lowest BCUT2D eigenvalue weighted by atomic mass is 10.1. The minimum absolute atomic E-state index is 0.0872. The molecule has 0 aliphatic rings. The van der Waals surface area contributed by atoms with Gasteiger partial charge in [0.2, 0.25) is 0 Å². The predicted octanol–water partition coefficient (Wildman–Crippen LogP) is 4.19. The standard InChI is InChI=1S/C19H21NO3/c1-3-4-5-14-6-8-15(9-7-14)19(23)20-16-10-11-18(22)17(12-16)13(2)21/h6-12,22H,3-5H2,1-2H3,(H,20,23). The number of amides is 1. The van der Waals surface area contributed by atoms with E-state index < -0.39 is 0 Å². The van der Waals surface area contributed by atoms with Crippen LogP contribution in [0.15, 0.2) is 42.5 Å². The van der Waals surface area contributed by atoms with Crippen LogP contribution >= 0.6 is 0 Å². The Hall–Kier alpha value is -2.62. The third-order valence-electron chi connectivity index (χ3n) is 3.67. The monoisotopic (exact) mass is 311 g/mol. The molecule has 0 aliphatic heterocycles. The van der Waals surface area contributed by atoms with Crippen LogP contribution in [0.1, 0.15) is 53.0 Å². The van der Waals surface area contributed by atoms with Crippen molar-refractivity contribution >= 4 is 17.4 Å². The molecule has 0 saturated carbocycles. The van der Waals surface area contributed by atoms with E-state index in [-0.39, 0.29) is 23.0 Å². The average Bonchev–Trinajstić information content (AvgIpc) is 2.54. The van der Waals surface area contributed by atoms with Crippen molar-refractivity contribution in [2.24, 2.45) is 0 Å². The first-order valence-corrected chi connectivity index (χ1v) is 7.75. The predicted molar refractivity (Wildman–Crippen MR) is 91.1 cm³/mol. The Labute approximate surface area is 136 Å². The number of rotatable bonds is 6. The largest absolute Gasteiger partial charge is 0.507 e. The summed E-state index contributed by atoms with van der Waals surface area (Å²) in [5.41, 5.74) is 2.44. The Morgan fingerprint density at radius 3 is 2.39 bits per heavy atom. The molecule has 4 nitrogen and oxygen atoms in total. The second-order valence-electron chi connectivity index (χ2n) is 5.54. The summed E-state index contributed by atoms with van der Waals surface area (Å²) in [6.45, 7) is 3.52. The van der Waals surface area contributed by atoms with E-state index in [1.54, 1.807) is 18.2 Å². The molecule has 0 aliphatic carbocycles. The van der Waals surface area contributed by atoms with Gasteiger partial charge in [0.1, 0.15) is 5.75 Å². The molecule has 0 atom stereocenters. The second-order valence-corrected chi connectivity index (χ2v) is 5.54. The first kappa shape index (κ1) is 16.7. The van der Waals surface area contributed by atoms with Gasteiger partial charge in [-0.1, -0.05) is 25.5 Å². The van der Waals surface area contributed by atoms with Gasteiger partial charge in [-0.3, -0.25) is 9.59 Å². The van der Waals surface area contributed by atoms with Crippen LogP contribution in [0, 0.1) is 0 Å². The molecule has 0 saturated heterocycles. The molecule has 23 heavy (non-hydrogen) atoms. The van der Waals surface area contributed by atoms with Crippen molar-refractivity contribution in [1.82, 2.24) is 0 Å². The van der Waals surface area contributed by atoms with Crippen LogP contribution in [-0.4, -0.2) is 16.8 Å². The van der Waals surface area contributed by atoms with Crippen LogP contribution in [-0.2, 0) is 6.42 Å². The summed E-state index contributed by atoms with van der Waals surface area (Å²) >= 11 is 0. The molecule has 2 aromatic carbocycles. The number of anilines is 1. The fourth-order valence-corrected chi connectivity index (χ4v) is 2.30. The molecular formula is C19H21NO3. The maximum Gasteiger partial charge on any atom is 0.255 e. The molecule has 0 bridgehead atoms. The molecule has 1 amide bonds. The van der Waals surface area contributed by atoms with E-state index in [4.69, 9.17) is 0 Å². The smallest absolute Gasteiger partial charge is 0.255 e. The molecule has 0 radical (unpaired) electrons. The van der Waals surface area contributed by atoms with Crippen LogP contribution in [0.4, 0.5) is 5.69 Å². The van der Waals surface area contributed by atoms with E-state index in [0.717, 1.165) is 19.3 Å². The molecule has 120 valence electrons. The molecule has 0 fully saturated rings. The molecule has 0 unspecified atom stereocenters. The summed E-state index contributed by atoms with van der Waals surface area (Å²) in [5, 5.41) is 12.4. The number of hydrogen-bond acceptors (Lipinski definition) is 3. The molecule has 2 rings (SSSR count). The van der Waals surface area contributed by atoms with Gasteiger partial charge in [-0.05, 0) is 55.7 Å². The number of nitrogens with one attached hydrogen (secondary N) is 1. The van der Waals surface area contributed by atoms with Crippen molar-refractivity contribution < 1.29 is 14.7 Å². The highest BCUT2D eigenvalue weighted by atomic mass is 16.3. The summed E-state index contributed by atoms with van der Waals surface area (Å²) in [7, 11) is 0. The number of Topliss-reactive ketones (excluding diaryl/α,β-unsaturated/α-hetero) is 1. The Morgan fingerprint density at radius 1 is 1.09 bits per heavy atom. The maximum absolute atomic E-state index is 12.2. The number of phenolic OH excluding ortho intramolecular Hbond substituents is 1. The zero-order valence-corrected chi connectivity index (χ0v) is 13.4. The number of ketones is 1. The molecule has 4 heteroatoms. The fourth-order valence-electron chi connectivity index (χ4n) is 2.30. The summed E-state index contributed by atoms with van der Waals surface area (Å²) in [5.74, 6) is -0.582. The van der Waals surface area contributed by atoms with Crippen LogP contribution in [0.2, 0.25) is 0 Å². The van der Waals surface area contributed by atoms with Crippen LogP contribution in [0.5, 0.6) is 5.75 Å². The lowest BCUT2D eigenvalue weighted by Crippen LogP contribution is -2.12.